The largest absolute Gasteiger partial charge is 0.493 e. The van der Waals surface area contributed by atoms with Gasteiger partial charge in [-0.2, -0.15) is 13.2 Å². The Morgan fingerprint density at radius 1 is 1.05 bits per heavy atom. The average Bonchev–Trinajstić information content (AvgIpc) is 2.88. The molecule has 1 aliphatic heterocycles. The van der Waals surface area contributed by atoms with E-state index in [1.54, 1.807) is 23.1 Å². The predicted molar refractivity (Wildman–Crippen MR) is 140 cm³/mol. The van der Waals surface area contributed by atoms with Crippen molar-refractivity contribution in [1.82, 2.24) is 0 Å². The number of hydrogen-bond donors (Lipinski definition) is 1. The molecule has 0 saturated carbocycles. The van der Waals surface area contributed by atoms with E-state index in [9.17, 15) is 18.0 Å². The van der Waals surface area contributed by atoms with E-state index >= 15 is 0 Å². The van der Waals surface area contributed by atoms with Crippen LogP contribution in [0, 0.1) is 5.92 Å². The summed E-state index contributed by atoms with van der Waals surface area (Å²) < 4.78 is 45.2. The number of fused-ring (bicyclic) bond motifs is 1. The van der Waals surface area contributed by atoms with E-state index in [2.05, 4.69) is 0 Å². The van der Waals surface area contributed by atoms with Gasteiger partial charge in [0.05, 0.1) is 18.1 Å². The molecule has 196 valence electrons. The van der Waals surface area contributed by atoms with Crippen molar-refractivity contribution >= 4 is 34.8 Å². The fraction of sp³-hybridized carbons (Fsp3) is 0.321. The number of nitrogens with two attached hydrogens (primary N) is 1. The van der Waals surface area contributed by atoms with Crippen molar-refractivity contribution in [2.45, 2.75) is 31.9 Å². The molecule has 9 heteroatoms. The predicted octanol–water partition coefficient (Wildman–Crippen LogP) is 6.73. The molecule has 0 radical (unpaired) electrons. The Hall–Kier alpha value is -2.74. The first-order valence-corrected chi connectivity index (χ1v) is 12.8. The Balaban J connectivity index is 1.38. The molecule has 4 rings (SSSR count). The number of benzene rings is 3. The summed E-state index contributed by atoms with van der Waals surface area (Å²) >= 11 is 12.4. The molecule has 1 unspecified atom stereocenters. The lowest BCUT2D eigenvalue weighted by molar-refractivity contribution is -0.137. The highest BCUT2D eigenvalue weighted by atomic mass is 35.5. The molecule has 0 spiro atoms. The fourth-order valence-electron chi connectivity index (χ4n) is 4.54. The maximum Gasteiger partial charge on any atom is 0.416 e. The number of anilines is 1. The van der Waals surface area contributed by atoms with E-state index in [1.165, 1.54) is 6.07 Å². The van der Waals surface area contributed by atoms with Gasteiger partial charge in [0.1, 0.15) is 5.75 Å². The maximum absolute atomic E-state index is 13.4. The smallest absolute Gasteiger partial charge is 0.416 e. The number of carbonyl (C=O) groups excluding carboxylic acids is 1. The first-order valence-electron chi connectivity index (χ1n) is 12.0. The van der Waals surface area contributed by atoms with Crippen molar-refractivity contribution in [2.24, 2.45) is 11.7 Å². The Kier molecular flexibility index (Phi) is 8.67. The number of ether oxygens (including phenoxy) is 1. The van der Waals surface area contributed by atoms with Gasteiger partial charge in [-0.3, -0.25) is 4.79 Å². The number of aryl methyl sites for hydroxylation is 1. The Morgan fingerprint density at radius 3 is 2.41 bits per heavy atom. The number of carbonyl (C=O) groups is 1. The Bertz CT molecular complexity index is 1230. The van der Waals surface area contributed by atoms with Crippen molar-refractivity contribution < 1.29 is 22.7 Å². The highest BCUT2D eigenvalue weighted by molar-refractivity contribution is 6.36. The normalized spacial score (nSPS) is 14.3. The van der Waals surface area contributed by atoms with Gasteiger partial charge in [-0.25, -0.2) is 0 Å². The minimum absolute atomic E-state index is 0.127. The summed E-state index contributed by atoms with van der Waals surface area (Å²) in [5.74, 6) is -0.00416. The first kappa shape index (κ1) is 27.3. The van der Waals surface area contributed by atoms with Crippen LogP contribution >= 0.6 is 23.2 Å². The lowest BCUT2D eigenvalue weighted by Crippen LogP contribution is -2.42. The summed E-state index contributed by atoms with van der Waals surface area (Å²) in [7, 11) is 0. The van der Waals surface area contributed by atoms with Gasteiger partial charge in [0.25, 0.3) is 0 Å². The Labute approximate surface area is 224 Å². The second kappa shape index (κ2) is 11.8. The monoisotopic (exact) mass is 550 g/mol. The van der Waals surface area contributed by atoms with E-state index < -0.39 is 17.7 Å². The molecule has 1 amide bonds. The molecule has 4 nitrogen and oxygen atoms in total. The molecule has 1 aliphatic rings. The number of halogens is 5. The number of rotatable bonds is 8. The molecule has 3 aromatic rings. The molecule has 3 aromatic carbocycles. The third kappa shape index (κ3) is 6.58. The topological polar surface area (TPSA) is 55.6 Å². The number of amides is 1. The second-order valence-electron chi connectivity index (χ2n) is 9.01. The van der Waals surface area contributed by atoms with Crippen LogP contribution in [-0.2, 0) is 30.2 Å². The van der Waals surface area contributed by atoms with Crippen LogP contribution < -0.4 is 15.4 Å². The van der Waals surface area contributed by atoms with Gasteiger partial charge in [-0.05, 0) is 78.4 Å². The van der Waals surface area contributed by atoms with Crippen molar-refractivity contribution in [3.05, 3.63) is 93.0 Å². The first-order chi connectivity index (χ1) is 17.7. The van der Waals surface area contributed by atoms with Crippen LogP contribution in [0.15, 0.2) is 60.7 Å². The molecule has 37 heavy (non-hydrogen) atoms. The molecule has 1 atom stereocenters. The Morgan fingerprint density at radius 2 is 1.76 bits per heavy atom. The van der Waals surface area contributed by atoms with E-state index in [0.29, 0.717) is 65.9 Å². The second-order valence-corrected chi connectivity index (χ2v) is 9.83. The van der Waals surface area contributed by atoms with Crippen LogP contribution in [0.5, 0.6) is 5.75 Å². The zero-order chi connectivity index (χ0) is 26.6. The minimum Gasteiger partial charge on any atom is -0.493 e. The minimum atomic E-state index is -4.42. The highest BCUT2D eigenvalue weighted by Crippen LogP contribution is 2.36. The molecule has 0 fully saturated rings. The van der Waals surface area contributed by atoms with Crippen molar-refractivity contribution in [3.63, 3.8) is 0 Å². The summed E-state index contributed by atoms with van der Waals surface area (Å²) in [6.07, 6.45) is -2.34. The zero-order valence-corrected chi connectivity index (χ0v) is 21.5. The lowest BCUT2D eigenvalue weighted by atomic mass is 9.94. The lowest BCUT2D eigenvalue weighted by Gasteiger charge is -2.32. The van der Waals surface area contributed by atoms with Gasteiger partial charge in [0.2, 0.25) is 5.91 Å². The van der Waals surface area contributed by atoms with Crippen LogP contribution in [0.3, 0.4) is 0 Å². The molecular weight excluding hydrogens is 524 g/mol. The molecule has 0 aliphatic carbocycles. The highest BCUT2D eigenvalue weighted by Gasteiger charge is 2.33. The van der Waals surface area contributed by atoms with E-state index in [-0.39, 0.29) is 12.5 Å². The van der Waals surface area contributed by atoms with Gasteiger partial charge in [0.15, 0.2) is 0 Å². The summed E-state index contributed by atoms with van der Waals surface area (Å²) in [5.41, 5.74) is 8.07. The number of alkyl halides is 3. The molecular formula is C28H27Cl2F3N2O2. The number of nitrogens with zero attached hydrogens (tertiary/aromatic N) is 1. The average molecular weight is 551 g/mol. The van der Waals surface area contributed by atoms with Crippen LogP contribution in [0.1, 0.15) is 28.7 Å². The van der Waals surface area contributed by atoms with E-state index in [1.807, 2.05) is 24.3 Å². The van der Waals surface area contributed by atoms with E-state index in [4.69, 9.17) is 33.7 Å². The third-order valence-electron chi connectivity index (χ3n) is 6.51. The molecule has 2 N–H and O–H groups in total. The van der Waals surface area contributed by atoms with Crippen molar-refractivity contribution in [2.75, 3.05) is 24.6 Å². The summed E-state index contributed by atoms with van der Waals surface area (Å²) in [5, 5.41) is 1.20. The van der Waals surface area contributed by atoms with Gasteiger partial charge in [-0.1, -0.05) is 41.4 Å². The maximum atomic E-state index is 13.4. The molecule has 0 aromatic heterocycles. The molecule has 0 bridgehead atoms. The molecule has 1 heterocycles. The summed E-state index contributed by atoms with van der Waals surface area (Å²) in [6, 6.07) is 16.4. The molecule has 0 saturated heterocycles. The third-order valence-corrected chi connectivity index (χ3v) is 7.22. The van der Waals surface area contributed by atoms with E-state index in [0.717, 1.165) is 23.3 Å². The fourth-order valence-corrected chi connectivity index (χ4v) is 5.13. The van der Waals surface area contributed by atoms with Crippen molar-refractivity contribution in [1.29, 1.82) is 0 Å². The van der Waals surface area contributed by atoms with Crippen LogP contribution in [0.4, 0.5) is 18.9 Å². The van der Waals surface area contributed by atoms with Crippen molar-refractivity contribution in [3.8, 4) is 5.75 Å². The van der Waals surface area contributed by atoms with Gasteiger partial charge in [0, 0.05) is 35.2 Å². The van der Waals surface area contributed by atoms with Gasteiger partial charge < -0.3 is 15.4 Å². The summed E-state index contributed by atoms with van der Waals surface area (Å²) in [6.45, 7) is 0.981. The zero-order valence-electron chi connectivity index (χ0n) is 20.0. The van der Waals surface area contributed by atoms with Crippen LogP contribution in [-0.4, -0.2) is 25.6 Å². The van der Waals surface area contributed by atoms with Crippen LogP contribution in [0.2, 0.25) is 10.0 Å². The summed E-state index contributed by atoms with van der Waals surface area (Å²) in [4.78, 5) is 14.9. The van der Waals surface area contributed by atoms with Crippen LogP contribution in [0.25, 0.3) is 0 Å². The van der Waals surface area contributed by atoms with Gasteiger partial charge in [-0.15, -0.1) is 0 Å². The quantitative estimate of drug-likeness (QED) is 0.338. The standard InChI is InChI=1S/C28H27Cl2F3N2O2/c29-24-4-1-5-25(30)23(24)12-14-37-22-9-6-18(7-10-22)15-20(17-34)27(36)35-13-2-3-19-16-21(28(31,32)33)8-11-26(19)35/h1,4-11,16,20H,2-3,12-15,17,34H2. The number of hydrogen-bond acceptors (Lipinski definition) is 3. The SMILES string of the molecule is NCC(Cc1ccc(OCCc2c(Cl)cccc2Cl)cc1)C(=O)N1CCCc2cc(C(F)(F)F)ccc21. The van der Waals surface area contributed by atoms with Gasteiger partial charge >= 0.3 is 6.18 Å².